The van der Waals surface area contributed by atoms with E-state index in [4.69, 9.17) is 0 Å². The van der Waals surface area contributed by atoms with Gasteiger partial charge in [-0.05, 0) is 46.1 Å². The summed E-state index contributed by atoms with van der Waals surface area (Å²) >= 11 is 0. The van der Waals surface area contributed by atoms with Gasteiger partial charge in [-0.1, -0.05) is 0 Å². The van der Waals surface area contributed by atoms with E-state index in [0.29, 0.717) is 13.1 Å². The Bertz CT molecular complexity index is 433. The summed E-state index contributed by atoms with van der Waals surface area (Å²) < 4.78 is 0. The second kappa shape index (κ2) is 6.99. The number of nitrogens with zero attached hydrogens (tertiary/aromatic N) is 2. The van der Waals surface area contributed by atoms with Crippen molar-refractivity contribution < 1.29 is 15.0 Å². The fourth-order valence-corrected chi connectivity index (χ4v) is 1.85. The summed E-state index contributed by atoms with van der Waals surface area (Å²) in [7, 11) is 3.98. The van der Waals surface area contributed by atoms with Crippen LogP contribution in [-0.4, -0.2) is 59.6 Å². The number of phenolic OH excluding ortho intramolecular Hbond substituents is 2. The molecule has 106 valence electrons. The third-order valence-electron chi connectivity index (χ3n) is 2.91. The maximum Gasteiger partial charge on any atom is 0.257 e. The van der Waals surface area contributed by atoms with E-state index in [9.17, 15) is 15.0 Å². The van der Waals surface area contributed by atoms with Crippen molar-refractivity contribution in [1.82, 2.24) is 9.80 Å². The molecule has 0 saturated carbocycles. The highest BCUT2D eigenvalue weighted by Gasteiger charge is 2.17. The van der Waals surface area contributed by atoms with Gasteiger partial charge in [0, 0.05) is 19.2 Å². The minimum Gasteiger partial charge on any atom is -0.508 e. The van der Waals surface area contributed by atoms with Crippen molar-refractivity contribution >= 4 is 5.91 Å². The Morgan fingerprint density at radius 3 is 2.42 bits per heavy atom. The zero-order valence-electron chi connectivity index (χ0n) is 11.8. The van der Waals surface area contributed by atoms with E-state index in [1.54, 1.807) is 4.90 Å². The molecule has 0 aliphatic carbocycles. The van der Waals surface area contributed by atoms with Crippen LogP contribution in [0.4, 0.5) is 0 Å². The normalized spacial score (nSPS) is 10.7. The van der Waals surface area contributed by atoms with Crippen LogP contribution in [0.1, 0.15) is 23.7 Å². The minimum absolute atomic E-state index is 0.0512. The van der Waals surface area contributed by atoms with Gasteiger partial charge in [-0.2, -0.15) is 0 Å². The van der Waals surface area contributed by atoms with Gasteiger partial charge in [0.1, 0.15) is 11.5 Å². The van der Waals surface area contributed by atoms with Crippen LogP contribution in [0.3, 0.4) is 0 Å². The average Bonchev–Trinajstić information content (AvgIpc) is 2.33. The lowest BCUT2D eigenvalue weighted by Gasteiger charge is -2.22. The first-order valence-electron chi connectivity index (χ1n) is 6.41. The molecule has 0 spiro atoms. The fraction of sp³-hybridized carbons (Fsp3) is 0.500. The number of phenols is 2. The lowest BCUT2D eigenvalue weighted by Crippen LogP contribution is -2.33. The molecule has 0 radical (unpaired) electrons. The summed E-state index contributed by atoms with van der Waals surface area (Å²) in [6, 6.07) is 4.03. The van der Waals surface area contributed by atoms with Crippen molar-refractivity contribution in [3.63, 3.8) is 0 Å². The molecule has 0 aromatic heterocycles. The summed E-state index contributed by atoms with van der Waals surface area (Å²) in [6.45, 7) is 4.05. The molecule has 19 heavy (non-hydrogen) atoms. The lowest BCUT2D eigenvalue weighted by atomic mass is 10.1. The molecule has 1 amide bonds. The van der Waals surface area contributed by atoms with Crippen LogP contribution in [0, 0.1) is 0 Å². The van der Waals surface area contributed by atoms with Gasteiger partial charge < -0.3 is 20.0 Å². The Labute approximate surface area is 114 Å². The fourth-order valence-electron chi connectivity index (χ4n) is 1.85. The highest BCUT2D eigenvalue weighted by molar-refractivity contribution is 5.97. The van der Waals surface area contributed by atoms with Gasteiger partial charge in [-0.25, -0.2) is 0 Å². The minimum atomic E-state index is -0.209. The Hall–Kier alpha value is -1.75. The Morgan fingerprint density at radius 1 is 1.21 bits per heavy atom. The highest BCUT2D eigenvalue weighted by atomic mass is 16.3. The summed E-state index contributed by atoms with van der Waals surface area (Å²) in [5.74, 6) is -0.445. The van der Waals surface area contributed by atoms with Gasteiger partial charge in [0.05, 0.1) is 5.56 Å². The summed E-state index contributed by atoms with van der Waals surface area (Å²) in [5, 5.41) is 18.9. The van der Waals surface area contributed by atoms with Crippen molar-refractivity contribution in [3.05, 3.63) is 23.8 Å². The largest absolute Gasteiger partial charge is 0.508 e. The summed E-state index contributed by atoms with van der Waals surface area (Å²) in [4.78, 5) is 16.0. The maximum absolute atomic E-state index is 12.3. The first-order chi connectivity index (χ1) is 8.95. The van der Waals surface area contributed by atoms with Crippen LogP contribution in [0.2, 0.25) is 0 Å². The number of aromatic hydroxyl groups is 2. The SMILES string of the molecule is CCN(CCCN(C)C)C(=O)c1ccc(O)cc1O. The molecular weight excluding hydrogens is 244 g/mol. The third-order valence-corrected chi connectivity index (χ3v) is 2.91. The Morgan fingerprint density at radius 2 is 1.89 bits per heavy atom. The number of benzene rings is 1. The van der Waals surface area contributed by atoms with Gasteiger partial charge in [0.25, 0.3) is 5.91 Å². The van der Waals surface area contributed by atoms with Crippen LogP contribution in [-0.2, 0) is 0 Å². The van der Waals surface area contributed by atoms with Crippen LogP contribution >= 0.6 is 0 Å². The van der Waals surface area contributed by atoms with Gasteiger partial charge in [-0.15, -0.1) is 0 Å². The van der Waals surface area contributed by atoms with E-state index >= 15 is 0 Å². The van der Waals surface area contributed by atoms with E-state index in [1.807, 2.05) is 21.0 Å². The zero-order chi connectivity index (χ0) is 14.4. The van der Waals surface area contributed by atoms with E-state index in [2.05, 4.69) is 4.90 Å². The predicted octanol–water partition coefficient (Wildman–Crippen LogP) is 1.51. The van der Waals surface area contributed by atoms with Crippen LogP contribution < -0.4 is 0 Å². The molecule has 0 unspecified atom stereocenters. The van der Waals surface area contributed by atoms with E-state index in [1.165, 1.54) is 18.2 Å². The monoisotopic (exact) mass is 266 g/mol. The van der Waals surface area contributed by atoms with Crippen molar-refractivity contribution in [2.75, 3.05) is 33.7 Å². The molecule has 5 nitrogen and oxygen atoms in total. The van der Waals surface area contributed by atoms with Crippen molar-refractivity contribution in [2.45, 2.75) is 13.3 Å². The van der Waals surface area contributed by atoms with Gasteiger partial charge in [0.15, 0.2) is 0 Å². The second-order valence-electron chi connectivity index (χ2n) is 4.74. The molecule has 0 heterocycles. The molecule has 1 rings (SSSR count). The zero-order valence-corrected chi connectivity index (χ0v) is 11.8. The van der Waals surface area contributed by atoms with Gasteiger partial charge in [0.2, 0.25) is 0 Å². The predicted molar refractivity (Wildman–Crippen MR) is 74.5 cm³/mol. The molecule has 0 aliphatic rings. The number of amides is 1. The molecular formula is C14H22N2O3. The van der Waals surface area contributed by atoms with E-state index < -0.39 is 0 Å². The number of hydrogen-bond donors (Lipinski definition) is 2. The summed E-state index contributed by atoms with van der Waals surface area (Å²) in [6.07, 6.45) is 0.880. The molecule has 2 N–H and O–H groups in total. The molecule has 0 atom stereocenters. The lowest BCUT2D eigenvalue weighted by molar-refractivity contribution is 0.0756. The first-order valence-corrected chi connectivity index (χ1v) is 6.41. The smallest absolute Gasteiger partial charge is 0.257 e. The molecule has 1 aromatic rings. The molecule has 1 aromatic carbocycles. The molecule has 0 aliphatic heterocycles. The van der Waals surface area contributed by atoms with Crippen LogP contribution in [0.15, 0.2) is 18.2 Å². The molecule has 0 fully saturated rings. The Balaban J connectivity index is 2.72. The third kappa shape index (κ3) is 4.44. The van der Waals surface area contributed by atoms with E-state index in [-0.39, 0.29) is 23.0 Å². The van der Waals surface area contributed by atoms with Crippen molar-refractivity contribution in [2.24, 2.45) is 0 Å². The highest BCUT2D eigenvalue weighted by Crippen LogP contribution is 2.23. The van der Waals surface area contributed by atoms with Gasteiger partial charge in [-0.3, -0.25) is 4.79 Å². The molecule has 0 saturated heterocycles. The van der Waals surface area contributed by atoms with Gasteiger partial charge >= 0.3 is 0 Å². The summed E-state index contributed by atoms with van der Waals surface area (Å²) in [5.41, 5.74) is 0.226. The maximum atomic E-state index is 12.3. The van der Waals surface area contributed by atoms with Crippen LogP contribution in [0.5, 0.6) is 11.5 Å². The number of carbonyl (C=O) groups excluding carboxylic acids is 1. The van der Waals surface area contributed by atoms with Crippen molar-refractivity contribution in [3.8, 4) is 11.5 Å². The number of rotatable bonds is 6. The standard InChI is InChI=1S/C14H22N2O3/c1-4-16(9-5-8-15(2)3)14(19)12-7-6-11(17)10-13(12)18/h6-7,10,17-18H,4-5,8-9H2,1-3H3. The molecule has 5 heteroatoms. The number of carbonyl (C=O) groups is 1. The van der Waals surface area contributed by atoms with Crippen LogP contribution in [0.25, 0.3) is 0 Å². The Kier molecular flexibility index (Phi) is 5.63. The van der Waals surface area contributed by atoms with E-state index in [0.717, 1.165) is 13.0 Å². The molecule has 0 bridgehead atoms. The first kappa shape index (κ1) is 15.3. The van der Waals surface area contributed by atoms with Crippen molar-refractivity contribution in [1.29, 1.82) is 0 Å². The topological polar surface area (TPSA) is 64.0 Å². The number of hydrogen-bond acceptors (Lipinski definition) is 4. The quantitative estimate of drug-likeness (QED) is 0.819. The second-order valence-corrected chi connectivity index (χ2v) is 4.74. The average molecular weight is 266 g/mol.